The van der Waals surface area contributed by atoms with Crippen LogP contribution >= 0.6 is 11.8 Å². The van der Waals surface area contributed by atoms with Crippen LogP contribution in [0.4, 0.5) is 0 Å². The van der Waals surface area contributed by atoms with Gasteiger partial charge in [-0.25, -0.2) is 0 Å². The molecule has 0 aliphatic heterocycles. The van der Waals surface area contributed by atoms with Crippen molar-refractivity contribution in [2.45, 2.75) is 57.0 Å². The summed E-state index contributed by atoms with van der Waals surface area (Å²) in [5.74, 6) is 2.40. The van der Waals surface area contributed by atoms with Gasteiger partial charge in [-0.05, 0) is 37.0 Å². The van der Waals surface area contributed by atoms with Gasteiger partial charge >= 0.3 is 0 Å². The summed E-state index contributed by atoms with van der Waals surface area (Å²) in [4.78, 5) is 4.45. The van der Waals surface area contributed by atoms with Gasteiger partial charge in [0.2, 0.25) is 11.7 Å². The molecule has 0 saturated heterocycles. The van der Waals surface area contributed by atoms with Gasteiger partial charge in [-0.1, -0.05) is 62.0 Å². The second kappa shape index (κ2) is 8.10. The molecule has 0 fully saturated rings. The van der Waals surface area contributed by atoms with E-state index in [9.17, 15) is 0 Å². The second-order valence-electron chi connectivity index (χ2n) is 8.07. The number of nitrogens with zero attached hydrogens (tertiary/aromatic N) is 5. The number of rotatable bonds is 6. The van der Waals surface area contributed by atoms with Gasteiger partial charge in [0.15, 0.2) is 16.7 Å². The van der Waals surface area contributed by atoms with Crippen LogP contribution in [0.15, 0.2) is 56.8 Å². The van der Waals surface area contributed by atoms with Crippen molar-refractivity contribution < 1.29 is 8.94 Å². The van der Waals surface area contributed by atoms with Crippen LogP contribution in [0.1, 0.15) is 51.3 Å². The summed E-state index contributed by atoms with van der Waals surface area (Å²) < 4.78 is 12.9. The Morgan fingerprint density at radius 3 is 2.50 bits per heavy atom. The zero-order valence-corrected chi connectivity index (χ0v) is 18.6. The predicted octanol–water partition coefficient (Wildman–Crippen LogP) is 5.76. The van der Waals surface area contributed by atoms with Crippen LogP contribution in [-0.4, -0.2) is 24.9 Å². The maximum atomic E-state index is 5.43. The number of hydrogen-bond acceptors (Lipinski definition) is 7. The maximum Gasteiger partial charge on any atom is 0.240 e. The average Bonchev–Trinajstić information content (AvgIpc) is 3.47. The maximum absolute atomic E-state index is 5.43. The molecule has 4 aromatic rings. The number of benzene rings is 1. The normalized spacial score (nSPS) is 13.0. The molecule has 1 aromatic carbocycles. The van der Waals surface area contributed by atoms with E-state index < -0.39 is 0 Å². The highest BCUT2D eigenvalue weighted by Crippen LogP contribution is 2.35. The van der Waals surface area contributed by atoms with Gasteiger partial charge in [-0.2, -0.15) is 4.98 Å². The van der Waals surface area contributed by atoms with Gasteiger partial charge in [-0.3, -0.25) is 0 Å². The summed E-state index contributed by atoms with van der Waals surface area (Å²) in [5, 5.41) is 13.6. The van der Waals surface area contributed by atoms with Crippen molar-refractivity contribution in [1.82, 2.24) is 24.9 Å². The van der Waals surface area contributed by atoms with Crippen molar-refractivity contribution in [2.24, 2.45) is 0 Å². The second-order valence-corrected chi connectivity index (χ2v) is 9.38. The Hall–Kier alpha value is -2.87. The van der Waals surface area contributed by atoms with E-state index in [1.165, 1.54) is 5.56 Å². The quantitative estimate of drug-likeness (QED) is 0.365. The lowest BCUT2D eigenvalue weighted by atomic mass is 9.87. The van der Waals surface area contributed by atoms with E-state index in [1.807, 2.05) is 6.92 Å². The Labute approximate surface area is 179 Å². The molecule has 0 N–H and O–H groups in total. The van der Waals surface area contributed by atoms with E-state index in [2.05, 4.69) is 76.9 Å². The average molecular weight is 424 g/mol. The van der Waals surface area contributed by atoms with Gasteiger partial charge in [-0.15, -0.1) is 10.2 Å². The summed E-state index contributed by atoms with van der Waals surface area (Å²) in [7, 11) is 0. The van der Waals surface area contributed by atoms with Crippen LogP contribution < -0.4 is 0 Å². The molecule has 3 heterocycles. The molecule has 0 amide bonds. The Kier molecular flexibility index (Phi) is 5.51. The van der Waals surface area contributed by atoms with Crippen molar-refractivity contribution in [1.29, 1.82) is 0 Å². The Bertz CT molecular complexity index is 1110. The molecular weight excluding hydrogens is 398 g/mol. The third-order valence-electron chi connectivity index (χ3n) is 4.86. The van der Waals surface area contributed by atoms with Crippen LogP contribution in [0, 0.1) is 0 Å². The molecule has 0 radical (unpaired) electrons. The number of thioether (sulfide) groups is 1. The molecule has 8 heteroatoms. The summed E-state index contributed by atoms with van der Waals surface area (Å²) in [6.45, 7) is 11.5. The molecule has 7 nitrogen and oxygen atoms in total. The van der Waals surface area contributed by atoms with Gasteiger partial charge in [0, 0.05) is 12.1 Å². The number of hydrogen-bond donors (Lipinski definition) is 0. The molecule has 30 heavy (non-hydrogen) atoms. The van der Waals surface area contributed by atoms with Crippen LogP contribution in [-0.2, 0) is 12.0 Å². The Balaban J connectivity index is 1.55. The number of aromatic nitrogens is 5. The molecule has 0 aliphatic rings. The molecule has 0 bridgehead atoms. The van der Waals surface area contributed by atoms with E-state index in [0.717, 1.165) is 23.1 Å². The molecular formula is C22H25N5O2S. The summed E-state index contributed by atoms with van der Waals surface area (Å²) in [5.41, 5.74) is 2.46. The van der Waals surface area contributed by atoms with Crippen molar-refractivity contribution in [3.63, 3.8) is 0 Å². The fourth-order valence-electron chi connectivity index (χ4n) is 3.11. The topological polar surface area (TPSA) is 82.8 Å². The number of furan rings is 1. The first-order chi connectivity index (χ1) is 14.4. The third-order valence-corrected chi connectivity index (χ3v) is 5.92. The van der Waals surface area contributed by atoms with Crippen molar-refractivity contribution in [3.05, 3.63) is 54.1 Å². The molecule has 0 spiro atoms. The minimum absolute atomic E-state index is 0.0770. The predicted molar refractivity (Wildman–Crippen MR) is 116 cm³/mol. The van der Waals surface area contributed by atoms with E-state index in [0.29, 0.717) is 17.5 Å². The minimum Gasteiger partial charge on any atom is -0.461 e. The molecule has 1 atom stereocenters. The van der Waals surface area contributed by atoms with Gasteiger partial charge in [0.1, 0.15) is 0 Å². The first-order valence-corrected chi connectivity index (χ1v) is 10.8. The first-order valence-electron chi connectivity index (χ1n) is 9.95. The van der Waals surface area contributed by atoms with Gasteiger partial charge in [0.05, 0.1) is 11.5 Å². The summed E-state index contributed by atoms with van der Waals surface area (Å²) >= 11 is 1.54. The fourth-order valence-corrected chi connectivity index (χ4v) is 4.05. The van der Waals surface area contributed by atoms with Gasteiger partial charge in [0.25, 0.3) is 0 Å². The van der Waals surface area contributed by atoms with E-state index in [1.54, 1.807) is 30.2 Å². The highest BCUT2D eigenvalue weighted by molar-refractivity contribution is 7.99. The third kappa shape index (κ3) is 4.05. The molecule has 0 aliphatic carbocycles. The Morgan fingerprint density at radius 1 is 1.10 bits per heavy atom. The monoisotopic (exact) mass is 423 g/mol. The van der Waals surface area contributed by atoms with Crippen molar-refractivity contribution >= 4 is 11.8 Å². The van der Waals surface area contributed by atoms with E-state index >= 15 is 0 Å². The van der Waals surface area contributed by atoms with Gasteiger partial charge < -0.3 is 13.5 Å². The lowest BCUT2D eigenvalue weighted by Crippen LogP contribution is -2.10. The zero-order chi connectivity index (χ0) is 21.3. The van der Waals surface area contributed by atoms with Crippen LogP contribution in [0.3, 0.4) is 0 Å². The van der Waals surface area contributed by atoms with E-state index in [4.69, 9.17) is 8.94 Å². The summed E-state index contributed by atoms with van der Waals surface area (Å²) in [6.07, 6.45) is 1.59. The standard InChI is InChI=1S/C22H25N5O2S/c1-6-27-19(15-9-11-16(12-10-15)22(3,4)5)24-25-21(27)30-14(2)20-23-18(26-29-20)17-8-7-13-28-17/h7-14H,6H2,1-5H3. The smallest absolute Gasteiger partial charge is 0.240 e. The lowest BCUT2D eigenvalue weighted by Gasteiger charge is -2.19. The Morgan fingerprint density at radius 2 is 1.87 bits per heavy atom. The fraction of sp³-hybridized carbons (Fsp3) is 0.364. The lowest BCUT2D eigenvalue weighted by molar-refractivity contribution is 0.379. The highest BCUT2D eigenvalue weighted by atomic mass is 32.2. The SMILES string of the molecule is CCn1c(SC(C)c2nc(-c3ccco3)no2)nnc1-c1ccc(C(C)(C)C)cc1. The van der Waals surface area contributed by atoms with Crippen LogP contribution in [0.25, 0.3) is 23.0 Å². The molecule has 4 rings (SSSR count). The minimum atomic E-state index is -0.0770. The zero-order valence-electron chi connectivity index (χ0n) is 17.8. The van der Waals surface area contributed by atoms with Crippen molar-refractivity contribution in [2.75, 3.05) is 0 Å². The van der Waals surface area contributed by atoms with Crippen LogP contribution in [0.5, 0.6) is 0 Å². The molecule has 0 saturated carbocycles. The first kappa shape index (κ1) is 20.4. The largest absolute Gasteiger partial charge is 0.461 e. The highest BCUT2D eigenvalue weighted by Gasteiger charge is 2.22. The van der Waals surface area contributed by atoms with Crippen molar-refractivity contribution in [3.8, 4) is 23.0 Å². The molecule has 156 valence electrons. The molecule has 3 aromatic heterocycles. The van der Waals surface area contributed by atoms with E-state index in [-0.39, 0.29) is 10.7 Å². The molecule has 1 unspecified atom stereocenters. The van der Waals surface area contributed by atoms with Crippen LogP contribution in [0.2, 0.25) is 0 Å². The summed E-state index contributed by atoms with van der Waals surface area (Å²) in [6, 6.07) is 12.1.